The molecular weight excluding hydrogens is 266 g/mol. The first-order valence-electron chi connectivity index (χ1n) is 6.23. The molecule has 6 nitrogen and oxygen atoms in total. The lowest BCUT2D eigenvalue weighted by Gasteiger charge is -2.14. The van der Waals surface area contributed by atoms with E-state index in [1.54, 1.807) is 6.26 Å². The van der Waals surface area contributed by atoms with Crippen molar-refractivity contribution in [3.63, 3.8) is 0 Å². The van der Waals surface area contributed by atoms with Crippen LogP contribution in [-0.2, 0) is 9.53 Å². The molecule has 0 fully saturated rings. The molecule has 0 rings (SSSR count). The Morgan fingerprint density at radius 1 is 1.42 bits per heavy atom. The number of nitrogens with zero attached hydrogens (tertiary/aromatic N) is 1. The summed E-state index contributed by atoms with van der Waals surface area (Å²) in [5, 5.41) is 13.2. The van der Waals surface area contributed by atoms with E-state index < -0.39 is 6.09 Å². The van der Waals surface area contributed by atoms with E-state index in [1.165, 1.54) is 11.8 Å². The SMILES string of the molecule is CCCCOC(=O)NCC(SC)C(=O)NCCC#N. The van der Waals surface area contributed by atoms with Crippen LogP contribution in [0.25, 0.3) is 0 Å². The zero-order valence-electron chi connectivity index (χ0n) is 11.4. The predicted octanol–water partition coefficient (Wildman–Crippen LogP) is 1.27. The van der Waals surface area contributed by atoms with Gasteiger partial charge in [-0.1, -0.05) is 13.3 Å². The molecule has 19 heavy (non-hydrogen) atoms. The quantitative estimate of drug-likeness (QED) is 0.623. The minimum atomic E-state index is -0.502. The van der Waals surface area contributed by atoms with Crippen molar-refractivity contribution in [1.82, 2.24) is 10.6 Å². The second-order valence-corrected chi connectivity index (χ2v) is 4.83. The van der Waals surface area contributed by atoms with Gasteiger partial charge in [-0.3, -0.25) is 4.79 Å². The monoisotopic (exact) mass is 287 g/mol. The van der Waals surface area contributed by atoms with E-state index in [1.807, 2.05) is 13.0 Å². The lowest BCUT2D eigenvalue weighted by atomic mass is 10.3. The number of hydrogen-bond acceptors (Lipinski definition) is 5. The van der Waals surface area contributed by atoms with E-state index >= 15 is 0 Å². The Kier molecular flexibility index (Phi) is 10.8. The third-order valence-corrected chi connectivity index (χ3v) is 3.23. The van der Waals surface area contributed by atoms with E-state index in [-0.39, 0.29) is 24.1 Å². The Morgan fingerprint density at radius 2 is 2.16 bits per heavy atom. The van der Waals surface area contributed by atoms with Crippen LogP contribution in [0.3, 0.4) is 0 Å². The van der Waals surface area contributed by atoms with Gasteiger partial charge in [-0.2, -0.15) is 17.0 Å². The molecule has 0 saturated heterocycles. The van der Waals surface area contributed by atoms with Crippen molar-refractivity contribution in [3.8, 4) is 6.07 Å². The van der Waals surface area contributed by atoms with Crippen molar-refractivity contribution in [3.05, 3.63) is 0 Å². The number of alkyl carbamates (subject to hydrolysis) is 1. The third-order valence-electron chi connectivity index (χ3n) is 2.28. The molecule has 1 atom stereocenters. The van der Waals surface area contributed by atoms with Gasteiger partial charge in [-0.25, -0.2) is 4.79 Å². The summed E-state index contributed by atoms with van der Waals surface area (Å²) in [7, 11) is 0. The first kappa shape index (κ1) is 17.6. The summed E-state index contributed by atoms with van der Waals surface area (Å²) in [5.41, 5.74) is 0. The highest BCUT2D eigenvalue weighted by atomic mass is 32.2. The smallest absolute Gasteiger partial charge is 0.407 e. The minimum absolute atomic E-state index is 0.184. The van der Waals surface area contributed by atoms with Crippen molar-refractivity contribution >= 4 is 23.8 Å². The molecular formula is C12H21N3O3S. The van der Waals surface area contributed by atoms with Gasteiger partial charge in [0.05, 0.1) is 19.1 Å². The molecule has 2 amide bonds. The third kappa shape index (κ3) is 9.19. The van der Waals surface area contributed by atoms with Gasteiger partial charge < -0.3 is 15.4 Å². The molecule has 2 N–H and O–H groups in total. The Labute approximate surface area is 118 Å². The van der Waals surface area contributed by atoms with E-state index in [0.717, 1.165) is 12.8 Å². The molecule has 7 heteroatoms. The van der Waals surface area contributed by atoms with Crippen LogP contribution in [0.5, 0.6) is 0 Å². The van der Waals surface area contributed by atoms with Crippen LogP contribution in [-0.4, -0.2) is 43.2 Å². The van der Waals surface area contributed by atoms with E-state index in [4.69, 9.17) is 10.00 Å². The van der Waals surface area contributed by atoms with E-state index in [9.17, 15) is 9.59 Å². The number of ether oxygens (including phenoxy) is 1. The van der Waals surface area contributed by atoms with Crippen LogP contribution < -0.4 is 10.6 Å². The largest absolute Gasteiger partial charge is 0.450 e. The maximum absolute atomic E-state index is 11.7. The van der Waals surface area contributed by atoms with Gasteiger partial charge in [0, 0.05) is 13.1 Å². The summed E-state index contributed by atoms with van der Waals surface area (Å²) in [4.78, 5) is 23.0. The molecule has 0 saturated carbocycles. The number of thioether (sulfide) groups is 1. The maximum atomic E-state index is 11.7. The average Bonchev–Trinajstić information content (AvgIpc) is 2.40. The Balaban J connectivity index is 3.88. The lowest BCUT2D eigenvalue weighted by molar-refractivity contribution is -0.120. The second-order valence-electron chi connectivity index (χ2n) is 3.79. The van der Waals surface area contributed by atoms with Gasteiger partial charge in [-0.05, 0) is 12.7 Å². The fourth-order valence-corrected chi connectivity index (χ4v) is 1.72. The number of unbranched alkanes of at least 4 members (excludes halogenated alkanes) is 1. The standard InChI is InChI=1S/C12H21N3O3S/c1-3-4-8-18-12(17)15-9-10(19-2)11(16)14-7-5-6-13/h10H,3-5,7-9H2,1-2H3,(H,14,16)(H,15,17). The van der Waals surface area contributed by atoms with Crippen LogP contribution in [0.1, 0.15) is 26.2 Å². The number of carbonyl (C=O) groups is 2. The van der Waals surface area contributed by atoms with Gasteiger partial charge in [0.15, 0.2) is 0 Å². The molecule has 0 bridgehead atoms. The molecule has 0 aromatic heterocycles. The van der Waals surface area contributed by atoms with Gasteiger partial charge >= 0.3 is 6.09 Å². The number of amides is 2. The first-order chi connectivity index (χ1) is 9.15. The molecule has 0 spiro atoms. The van der Waals surface area contributed by atoms with Crippen LogP contribution in [0.4, 0.5) is 4.79 Å². The van der Waals surface area contributed by atoms with Crippen LogP contribution in [0, 0.1) is 11.3 Å². The molecule has 108 valence electrons. The van der Waals surface area contributed by atoms with Crippen LogP contribution >= 0.6 is 11.8 Å². The number of rotatable bonds is 9. The summed E-state index contributed by atoms with van der Waals surface area (Å²) in [6.07, 6.45) is 3.35. The Bertz CT molecular complexity index is 318. The minimum Gasteiger partial charge on any atom is -0.450 e. The van der Waals surface area contributed by atoms with E-state index in [2.05, 4.69) is 10.6 Å². The molecule has 0 aliphatic carbocycles. The number of nitrogens with one attached hydrogen (secondary N) is 2. The zero-order valence-corrected chi connectivity index (χ0v) is 12.2. The van der Waals surface area contributed by atoms with Gasteiger partial charge in [-0.15, -0.1) is 0 Å². The number of hydrogen-bond donors (Lipinski definition) is 2. The van der Waals surface area contributed by atoms with Crippen molar-refractivity contribution in [2.75, 3.05) is 26.0 Å². The summed E-state index contributed by atoms with van der Waals surface area (Å²) in [5.74, 6) is -0.184. The fourth-order valence-electron chi connectivity index (χ4n) is 1.17. The zero-order chi connectivity index (χ0) is 14.5. The molecule has 0 aromatic rings. The molecule has 0 aliphatic heterocycles. The number of carbonyl (C=O) groups excluding carboxylic acids is 2. The molecule has 1 unspecified atom stereocenters. The Hall–Kier alpha value is -1.42. The predicted molar refractivity (Wildman–Crippen MR) is 74.8 cm³/mol. The highest BCUT2D eigenvalue weighted by molar-refractivity contribution is 7.99. The fraction of sp³-hybridized carbons (Fsp3) is 0.750. The molecule has 0 aromatic carbocycles. The molecule has 0 aliphatic rings. The topological polar surface area (TPSA) is 91.2 Å². The van der Waals surface area contributed by atoms with Gasteiger partial charge in [0.1, 0.15) is 5.25 Å². The summed E-state index contributed by atoms with van der Waals surface area (Å²) in [6, 6.07) is 1.95. The Morgan fingerprint density at radius 3 is 2.74 bits per heavy atom. The van der Waals surface area contributed by atoms with Crippen LogP contribution in [0.2, 0.25) is 0 Å². The number of nitriles is 1. The summed E-state index contributed by atoms with van der Waals surface area (Å²) < 4.78 is 4.92. The van der Waals surface area contributed by atoms with Crippen molar-refractivity contribution in [2.45, 2.75) is 31.4 Å². The first-order valence-corrected chi connectivity index (χ1v) is 7.52. The normalized spacial score (nSPS) is 11.2. The van der Waals surface area contributed by atoms with Crippen molar-refractivity contribution in [1.29, 1.82) is 5.26 Å². The lowest BCUT2D eigenvalue weighted by Crippen LogP contribution is -2.41. The van der Waals surface area contributed by atoms with Gasteiger partial charge in [0.25, 0.3) is 0 Å². The van der Waals surface area contributed by atoms with Crippen molar-refractivity contribution < 1.29 is 14.3 Å². The maximum Gasteiger partial charge on any atom is 0.407 e. The van der Waals surface area contributed by atoms with Crippen molar-refractivity contribution in [2.24, 2.45) is 0 Å². The van der Waals surface area contributed by atoms with E-state index in [0.29, 0.717) is 13.2 Å². The second kappa shape index (κ2) is 11.7. The highest BCUT2D eigenvalue weighted by Gasteiger charge is 2.17. The van der Waals surface area contributed by atoms with Crippen LogP contribution in [0.15, 0.2) is 0 Å². The van der Waals surface area contributed by atoms with Gasteiger partial charge in [0.2, 0.25) is 5.91 Å². The molecule has 0 heterocycles. The summed E-state index contributed by atoms with van der Waals surface area (Å²) >= 11 is 1.34. The summed E-state index contributed by atoms with van der Waals surface area (Å²) in [6.45, 7) is 2.94. The average molecular weight is 287 g/mol. The molecule has 0 radical (unpaired) electrons. The highest BCUT2D eigenvalue weighted by Crippen LogP contribution is 2.05.